The van der Waals surface area contributed by atoms with Gasteiger partial charge in [0.05, 0.1) is 25.2 Å². The van der Waals surface area contributed by atoms with E-state index in [2.05, 4.69) is 32.3 Å². The molecule has 2 aromatic carbocycles. The summed E-state index contributed by atoms with van der Waals surface area (Å²) >= 11 is 0. The number of cyclic esters (lactones) is 1. The number of hydrogen-bond acceptors (Lipinski definition) is 6. The number of hydrogen-bond donors (Lipinski definition) is 3. The number of halogens is 1. The topological polar surface area (TPSA) is 93.7 Å². The van der Waals surface area contributed by atoms with Gasteiger partial charge in [0.25, 0.3) is 0 Å². The number of anilines is 3. The molecule has 0 spiro atoms. The number of nitrogens with zero attached hydrogens (tertiary/aromatic N) is 3. The Hall–Kier alpha value is -3.59. The van der Waals surface area contributed by atoms with Crippen LogP contribution in [0, 0.1) is 5.82 Å². The Kier molecular flexibility index (Phi) is 5.63. The molecule has 0 bridgehead atoms. The van der Waals surface area contributed by atoms with Gasteiger partial charge in [0, 0.05) is 61.0 Å². The molecule has 1 unspecified atom stereocenters. The summed E-state index contributed by atoms with van der Waals surface area (Å²) in [5, 5.41) is 12.4. The molecule has 1 amide bonds. The monoisotopic (exact) mass is 451 g/mol. The van der Waals surface area contributed by atoms with Crippen molar-refractivity contribution in [1.82, 2.24) is 9.97 Å². The number of rotatable bonds is 7. The molecule has 0 saturated carbocycles. The highest BCUT2D eigenvalue weighted by Gasteiger charge is 2.32. The number of carbonyl (C=O) groups is 1. The number of nitrogens with one attached hydrogen (secondary N) is 2. The molecule has 172 valence electrons. The van der Waals surface area contributed by atoms with Gasteiger partial charge in [-0.3, -0.25) is 4.90 Å². The van der Waals surface area contributed by atoms with Crippen LogP contribution in [0.15, 0.2) is 42.9 Å². The lowest BCUT2D eigenvalue weighted by Crippen LogP contribution is -2.25. The van der Waals surface area contributed by atoms with E-state index in [4.69, 9.17) is 4.74 Å². The van der Waals surface area contributed by atoms with Gasteiger partial charge >= 0.3 is 6.09 Å². The Morgan fingerprint density at radius 1 is 1.30 bits per heavy atom. The van der Waals surface area contributed by atoms with Gasteiger partial charge in [-0.1, -0.05) is 0 Å². The maximum Gasteiger partial charge on any atom is 0.414 e. The molecule has 5 rings (SSSR count). The molecule has 3 aromatic rings. The number of aliphatic hydroxyl groups is 1. The number of benzene rings is 2. The molecule has 3 heterocycles. The van der Waals surface area contributed by atoms with E-state index in [1.165, 1.54) is 16.5 Å². The SMILES string of the molecule is CNc1cc2c(cc1-c1ccc(N3CC(CO)OC3=O)cc1F)CCN2CCc1cnc[nH]1. The smallest absolute Gasteiger partial charge is 0.414 e. The molecule has 2 aliphatic heterocycles. The highest BCUT2D eigenvalue weighted by atomic mass is 19.1. The summed E-state index contributed by atoms with van der Waals surface area (Å²) in [6.07, 6.45) is 4.14. The second kappa shape index (κ2) is 8.74. The zero-order valence-corrected chi connectivity index (χ0v) is 18.3. The van der Waals surface area contributed by atoms with Crippen LogP contribution in [0.4, 0.5) is 26.2 Å². The summed E-state index contributed by atoms with van der Waals surface area (Å²) in [6.45, 7) is 1.73. The van der Waals surface area contributed by atoms with Crippen molar-refractivity contribution >= 4 is 23.2 Å². The maximum absolute atomic E-state index is 15.2. The Morgan fingerprint density at radius 2 is 2.18 bits per heavy atom. The first-order valence-electron chi connectivity index (χ1n) is 11.0. The van der Waals surface area contributed by atoms with Crippen LogP contribution in [0.2, 0.25) is 0 Å². The third-order valence-corrected chi connectivity index (χ3v) is 6.32. The van der Waals surface area contributed by atoms with Crippen LogP contribution in [0.1, 0.15) is 11.3 Å². The fraction of sp³-hybridized carbons (Fsp3) is 0.333. The van der Waals surface area contributed by atoms with Crippen LogP contribution in [-0.4, -0.2) is 60.6 Å². The highest BCUT2D eigenvalue weighted by molar-refractivity contribution is 5.91. The summed E-state index contributed by atoms with van der Waals surface area (Å²) in [5.41, 5.74) is 5.95. The van der Waals surface area contributed by atoms with Crippen molar-refractivity contribution in [2.45, 2.75) is 18.9 Å². The predicted molar refractivity (Wildman–Crippen MR) is 124 cm³/mol. The number of imidazole rings is 1. The highest BCUT2D eigenvalue weighted by Crippen LogP contribution is 2.40. The van der Waals surface area contributed by atoms with Gasteiger partial charge < -0.3 is 25.0 Å². The zero-order valence-electron chi connectivity index (χ0n) is 18.3. The minimum atomic E-state index is -0.593. The van der Waals surface area contributed by atoms with E-state index in [1.807, 2.05) is 13.2 Å². The minimum Gasteiger partial charge on any atom is -0.441 e. The fourth-order valence-electron chi connectivity index (χ4n) is 4.56. The quantitative estimate of drug-likeness (QED) is 0.511. The molecule has 0 aliphatic carbocycles. The fourth-order valence-corrected chi connectivity index (χ4v) is 4.56. The van der Waals surface area contributed by atoms with Crippen LogP contribution >= 0.6 is 0 Å². The standard InChI is InChI=1S/C24H26FN5O3/c1-26-22-10-23-15(4-6-29(23)7-5-16-11-27-14-28-16)8-20(22)19-3-2-17(9-21(19)25)30-12-18(13-31)33-24(30)32/h2-3,8-11,14,18,26,31H,4-7,12-13H2,1H3,(H,27,28). The predicted octanol–water partition coefficient (Wildman–Crippen LogP) is 3.18. The molecule has 1 fully saturated rings. The number of aromatic amines is 1. The second-order valence-electron chi connectivity index (χ2n) is 8.30. The molecule has 3 N–H and O–H groups in total. The first kappa shape index (κ1) is 21.3. The Morgan fingerprint density at radius 3 is 2.88 bits per heavy atom. The van der Waals surface area contributed by atoms with Crippen molar-refractivity contribution in [3.05, 3.63) is 59.9 Å². The summed E-state index contributed by atoms with van der Waals surface area (Å²) in [5.74, 6) is -0.418. The molecule has 8 nitrogen and oxygen atoms in total. The molecule has 33 heavy (non-hydrogen) atoms. The zero-order chi connectivity index (χ0) is 22.9. The van der Waals surface area contributed by atoms with Crippen LogP contribution in [-0.2, 0) is 17.6 Å². The van der Waals surface area contributed by atoms with E-state index in [-0.39, 0.29) is 13.2 Å². The van der Waals surface area contributed by atoms with Gasteiger partial charge in [0.15, 0.2) is 0 Å². The van der Waals surface area contributed by atoms with Gasteiger partial charge in [-0.2, -0.15) is 0 Å². The summed E-state index contributed by atoms with van der Waals surface area (Å²) in [6, 6.07) is 8.89. The van der Waals surface area contributed by atoms with Crippen molar-refractivity contribution in [3.63, 3.8) is 0 Å². The van der Waals surface area contributed by atoms with Gasteiger partial charge in [-0.15, -0.1) is 0 Å². The van der Waals surface area contributed by atoms with Crippen LogP contribution in [0.3, 0.4) is 0 Å². The van der Waals surface area contributed by atoms with Gasteiger partial charge in [0.2, 0.25) is 0 Å². The number of ether oxygens (including phenoxy) is 1. The van der Waals surface area contributed by atoms with Crippen molar-refractivity contribution < 1.29 is 19.0 Å². The third-order valence-electron chi connectivity index (χ3n) is 6.32. The van der Waals surface area contributed by atoms with Crippen molar-refractivity contribution in [1.29, 1.82) is 0 Å². The summed E-state index contributed by atoms with van der Waals surface area (Å²) in [4.78, 5) is 22.9. The van der Waals surface area contributed by atoms with Gasteiger partial charge in [-0.25, -0.2) is 14.2 Å². The third kappa shape index (κ3) is 4.00. The number of aliphatic hydroxyl groups excluding tert-OH is 1. The number of aromatic nitrogens is 2. The lowest BCUT2D eigenvalue weighted by Gasteiger charge is -2.21. The van der Waals surface area contributed by atoms with E-state index >= 15 is 4.39 Å². The van der Waals surface area contributed by atoms with Gasteiger partial charge in [0.1, 0.15) is 11.9 Å². The normalized spacial score (nSPS) is 17.4. The van der Waals surface area contributed by atoms with Crippen molar-refractivity contribution in [3.8, 4) is 11.1 Å². The van der Waals surface area contributed by atoms with E-state index in [0.717, 1.165) is 48.6 Å². The molecular weight excluding hydrogens is 425 g/mol. The van der Waals surface area contributed by atoms with Crippen molar-refractivity contribution in [2.24, 2.45) is 0 Å². The largest absolute Gasteiger partial charge is 0.441 e. The summed E-state index contributed by atoms with van der Waals surface area (Å²) in [7, 11) is 1.83. The van der Waals surface area contributed by atoms with E-state index in [1.54, 1.807) is 18.5 Å². The number of amides is 1. The molecular formula is C24H26FN5O3. The second-order valence-corrected chi connectivity index (χ2v) is 8.30. The molecule has 1 saturated heterocycles. The average Bonchev–Trinajstić information content (AvgIpc) is 3.56. The number of H-pyrrole nitrogens is 1. The molecule has 9 heteroatoms. The minimum absolute atomic E-state index is 0.198. The first-order valence-corrected chi connectivity index (χ1v) is 11.0. The number of fused-ring (bicyclic) bond motifs is 1. The van der Waals surface area contributed by atoms with E-state index in [0.29, 0.717) is 11.3 Å². The molecule has 0 radical (unpaired) electrons. The molecule has 2 aliphatic rings. The van der Waals surface area contributed by atoms with E-state index < -0.39 is 18.0 Å². The molecule has 1 atom stereocenters. The van der Waals surface area contributed by atoms with Crippen LogP contribution in [0.5, 0.6) is 0 Å². The van der Waals surface area contributed by atoms with Crippen molar-refractivity contribution in [2.75, 3.05) is 48.4 Å². The lowest BCUT2D eigenvalue weighted by molar-refractivity contribution is 0.0963. The van der Waals surface area contributed by atoms with E-state index in [9.17, 15) is 9.90 Å². The Bertz CT molecular complexity index is 1170. The molecule has 1 aromatic heterocycles. The van der Waals surface area contributed by atoms with Crippen LogP contribution < -0.4 is 15.1 Å². The number of carbonyl (C=O) groups excluding carboxylic acids is 1. The first-order chi connectivity index (χ1) is 16.1. The Labute approximate surface area is 191 Å². The lowest BCUT2D eigenvalue weighted by atomic mass is 9.98. The Balaban J connectivity index is 1.41. The maximum atomic E-state index is 15.2. The van der Waals surface area contributed by atoms with Gasteiger partial charge in [-0.05, 0) is 42.3 Å². The summed E-state index contributed by atoms with van der Waals surface area (Å²) < 4.78 is 20.3. The van der Waals surface area contributed by atoms with Crippen LogP contribution in [0.25, 0.3) is 11.1 Å². The average molecular weight is 452 g/mol.